The minimum absolute atomic E-state index is 0.207. The lowest BCUT2D eigenvalue weighted by Gasteiger charge is -2.21. The molecule has 1 heteroatoms. The van der Waals surface area contributed by atoms with Gasteiger partial charge in [-0.1, -0.05) is 18.2 Å². The smallest absolute Gasteiger partial charge is 0.179 e. The summed E-state index contributed by atoms with van der Waals surface area (Å²) in [4.78, 5) is 3.53. The summed E-state index contributed by atoms with van der Waals surface area (Å²) in [6.45, 7) is 6.64. The number of hydrogen-bond donors (Lipinski definition) is 1. The van der Waals surface area contributed by atoms with Crippen molar-refractivity contribution in [1.82, 2.24) is 0 Å². The Hall–Kier alpha value is -1.11. The van der Waals surface area contributed by atoms with E-state index in [4.69, 9.17) is 0 Å². The van der Waals surface area contributed by atoms with E-state index in [0.29, 0.717) is 0 Å². The molecule has 68 valence electrons. The zero-order valence-corrected chi connectivity index (χ0v) is 8.52. The van der Waals surface area contributed by atoms with Gasteiger partial charge in [0.2, 0.25) is 0 Å². The van der Waals surface area contributed by atoms with Crippen molar-refractivity contribution in [2.45, 2.75) is 32.7 Å². The highest BCUT2D eigenvalue weighted by Crippen LogP contribution is 2.16. The van der Waals surface area contributed by atoms with Crippen molar-refractivity contribution in [3.63, 3.8) is 0 Å². The third-order valence-electron chi connectivity index (χ3n) is 2.58. The fourth-order valence-electron chi connectivity index (χ4n) is 2.14. The number of hydrogen-bond acceptors (Lipinski definition) is 0. The Morgan fingerprint density at radius 1 is 1.23 bits per heavy atom. The largest absolute Gasteiger partial charge is 0.240 e. The first-order valence-electron chi connectivity index (χ1n) is 4.78. The van der Waals surface area contributed by atoms with Crippen LogP contribution in [0.4, 0.5) is 0 Å². The number of rotatable bonds is 0. The molecule has 1 heterocycles. The molecule has 1 nitrogen and oxygen atoms in total. The molecule has 2 rings (SSSR count). The minimum Gasteiger partial charge on any atom is -0.240 e. The molecule has 0 bridgehead atoms. The van der Waals surface area contributed by atoms with E-state index in [9.17, 15) is 0 Å². The van der Waals surface area contributed by atoms with Gasteiger partial charge in [-0.15, -0.1) is 0 Å². The van der Waals surface area contributed by atoms with Crippen molar-refractivity contribution >= 4 is 5.71 Å². The lowest BCUT2D eigenvalue weighted by molar-refractivity contribution is -0.545. The molecular formula is C12H16N+. The van der Waals surface area contributed by atoms with E-state index in [1.165, 1.54) is 16.8 Å². The van der Waals surface area contributed by atoms with Crippen molar-refractivity contribution in [3.8, 4) is 0 Å². The molecule has 0 saturated carbocycles. The van der Waals surface area contributed by atoms with Gasteiger partial charge in [-0.3, -0.25) is 0 Å². The number of nitrogens with one attached hydrogen (secondary N) is 1. The maximum atomic E-state index is 3.53. The minimum atomic E-state index is 0.207. The van der Waals surface area contributed by atoms with Crippen LogP contribution in [0, 0.1) is 0 Å². The van der Waals surface area contributed by atoms with E-state index in [0.717, 1.165) is 6.42 Å². The Labute approximate surface area is 79.5 Å². The van der Waals surface area contributed by atoms with Crippen molar-refractivity contribution in [2.75, 3.05) is 0 Å². The Bertz CT molecular complexity index is 361. The molecule has 0 saturated heterocycles. The first-order chi connectivity index (χ1) is 6.08. The lowest BCUT2D eigenvalue weighted by Crippen LogP contribution is -2.87. The van der Waals surface area contributed by atoms with Gasteiger partial charge in [0.05, 0.1) is 0 Å². The summed E-state index contributed by atoms with van der Waals surface area (Å²) >= 11 is 0. The van der Waals surface area contributed by atoms with Crippen molar-refractivity contribution in [1.29, 1.82) is 0 Å². The second-order valence-electron chi connectivity index (χ2n) is 4.47. The normalized spacial score (nSPS) is 19.2. The number of fused-ring (bicyclic) bond motifs is 1. The number of benzene rings is 1. The molecule has 1 aliphatic heterocycles. The van der Waals surface area contributed by atoms with Gasteiger partial charge in [0.15, 0.2) is 11.3 Å². The van der Waals surface area contributed by atoms with Crippen molar-refractivity contribution < 1.29 is 4.99 Å². The third kappa shape index (κ3) is 1.51. The molecule has 1 aromatic carbocycles. The molecule has 0 unspecified atom stereocenters. The Morgan fingerprint density at radius 2 is 1.92 bits per heavy atom. The van der Waals surface area contributed by atoms with E-state index in [1.54, 1.807) is 0 Å². The van der Waals surface area contributed by atoms with Gasteiger partial charge in [0.25, 0.3) is 0 Å². The highest BCUT2D eigenvalue weighted by molar-refractivity contribution is 5.96. The zero-order valence-electron chi connectivity index (χ0n) is 8.52. The second-order valence-corrected chi connectivity index (χ2v) is 4.47. The predicted octanol–water partition coefficient (Wildman–Crippen LogP) is 0.911. The summed E-state index contributed by atoms with van der Waals surface area (Å²) in [6.07, 6.45) is 1.11. The van der Waals surface area contributed by atoms with Crippen LogP contribution in [0.5, 0.6) is 0 Å². The van der Waals surface area contributed by atoms with E-state index >= 15 is 0 Å². The maximum absolute atomic E-state index is 3.53. The zero-order chi connectivity index (χ0) is 9.47. The summed E-state index contributed by atoms with van der Waals surface area (Å²) in [6, 6.07) is 8.63. The van der Waals surface area contributed by atoms with Gasteiger partial charge in [-0.2, -0.15) is 0 Å². The van der Waals surface area contributed by atoms with Gasteiger partial charge in [-0.25, -0.2) is 4.99 Å². The van der Waals surface area contributed by atoms with Gasteiger partial charge in [0, 0.05) is 32.8 Å². The molecule has 13 heavy (non-hydrogen) atoms. The summed E-state index contributed by atoms with van der Waals surface area (Å²) in [5.74, 6) is 0. The predicted molar refractivity (Wildman–Crippen MR) is 55.0 cm³/mol. The van der Waals surface area contributed by atoms with E-state index in [1.807, 2.05) is 0 Å². The van der Waals surface area contributed by atoms with Crippen LogP contribution in [0.15, 0.2) is 24.3 Å². The first-order valence-corrected chi connectivity index (χ1v) is 4.78. The van der Waals surface area contributed by atoms with Crippen LogP contribution < -0.4 is 4.99 Å². The highest BCUT2D eigenvalue weighted by Gasteiger charge is 2.30. The molecule has 0 radical (unpaired) electrons. The van der Waals surface area contributed by atoms with Crippen LogP contribution in [0.25, 0.3) is 0 Å². The van der Waals surface area contributed by atoms with Crippen LogP contribution in [-0.2, 0) is 6.42 Å². The van der Waals surface area contributed by atoms with Crippen LogP contribution >= 0.6 is 0 Å². The highest BCUT2D eigenvalue weighted by atomic mass is 14.9. The molecule has 0 aromatic heterocycles. The molecule has 1 aromatic rings. The molecule has 0 amide bonds. The maximum Gasteiger partial charge on any atom is 0.179 e. The molecule has 0 spiro atoms. The molecule has 1 N–H and O–H groups in total. The summed E-state index contributed by atoms with van der Waals surface area (Å²) < 4.78 is 0. The summed E-state index contributed by atoms with van der Waals surface area (Å²) in [5, 5.41) is 0. The van der Waals surface area contributed by atoms with Crippen LogP contribution in [-0.4, -0.2) is 11.3 Å². The second kappa shape index (κ2) is 2.69. The first kappa shape index (κ1) is 8.49. The Morgan fingerprint density at radius 3 is 2.69 bits per heavy atom. The van der Waals surface area contributed by atoms with Gasteiger partial charge in [0.1, 0.15) is 0 Å². The fraction of sp³-hybridized carbons (Fsp3) is 0.417. The van der Waals surface area contributed by atoms with E-state index in [-0.39, 0.29) is 5.54 Å². The van der Waals surface area contributed by atoms with Crippen molar-refractivity contribution in [3.05, 3.63) is 35.4 Å². The van der Waals surface area contributed by atoms with E-state index < -0.39 is 0 Å². The topological polar surface area (TPSA) is 14.0 Å². The fourth-order valence-corrected chi connectivity index (χ4v) is 2.14. The quantitative estimate of drug-likeness (QED) is 0.601. The van der Waals surface area contributed by atoms with Crippen LogP contribution in [0.2, 0.25) is 0 Å². The summed E-state index contributed by atoms with van der Waals surface area (Å²) in [5.41, 5.74) is 4.34. The molecule has 1 aliphatic rings. The molecule has 0 aliphatic carbocycles. The Kier molecular flexibility index (Phi) is 1.76. The van der Waals surface area contributed by atoms with Crippen molar-refractivity contribution in [2.24, 2.45) is 0 Å². The molecular weight excluding hydrogens is 158 g/mol. The molecule has 0 atom stereocenters. The summed E-state index contributed by atoms with van der Waals surface area (Å²) in [7, 11) is 0. The average molecular weight is 174 g/mol. The standard InChI is InChI=1S/C12H15N/c1-9-11-7-5-4-6-10(11)8-12(2,3)13-9/h4-7H,8H2,1-3H3/p+1. The lowest BCUT2D eigenvalue weighted by atomic mass is 9.87. The van der Waals surface area contributed by atoms with Crippen LogP contribution in [0.1, 0.15) is 31.9 Å². The van der Waals surface area contributed by atoms with Gasteiger partial charge >= 0.3 is 0 Å². The van der Waals surface area contributed by atoms with E-state index in [2.05, 4.69) is 50.0 Å². The SMILES string of the molecule is CC1=[NH+]C(C)(C)Cc2ccccc21. The Balaban J connectivity index is 2.55. The third-order valence-corrected chi connectivity index (χ3v) is 2.58. The van der Waals surface area contributed by atoms with Crippen LogP contribution in [0.3, 0.4) is 0 Å². The van der Waals surface area contributed by atoms with Gasteiger partial charge < -0.3 is 0 Å². The average Bonchev–Trinajstić information content (AvgIpc) is 2.02. The van der Waals surface area contributed by atoms with Gasteiger partial charge in [-0.05, 0) is 11.6 Å². The molecule has 0 fully saturated rings. The monoisotopic (exact) mass is 174 g/mol.